The summed E-state index contributed by atoms with van der Waals surface area (Å²) in [6.45, 7) is 19.5. The van der Waals surface area contributed by atoms with Crippen molar-refractivity contribution in [2.24, 2.45) is 11.8 Å². The Labute approximate surface area is 140 Å². The summed E-state index contributed by atoms with van der Waals surface area (Å²) in [6.07, 6.45) is 2.00. The number of hydrogen-bond acceptors (Lipinski definition) is 2. The molecule has 0 aromatic rings. The van der Waals surface area contributed by atoms with Crippen molar-refractivity contribution in [1.82, 2.24) is 0 Å². The Morgan fingerprint density at radius 1 is 0.765 bits per heavy atom. The molecule has 0 N–H and O–H groups in total. The van der Waals surface area contributed by atoms with Crippen LogP contribution in [0.2, 0.25) is 0 Å². The normalized spacial score (nSPS) is 7.76. The molecule has 0 saturated heterocycles. The van der Waals surface area contributed by atoms with Crippen molar-refractivity contribution >= 4 is 49.2 Å². The zero-order chi connectivity index (χ0) is 14.0. The van der Waals surface area contributed by atoms with Crippen LogP contribution in [0.1, 0.15) is 54.4 Å². The zero-order valence-electron chi connectivity index (χ0n) is 12.7. The molecular formula is C14H32S2Sn. The maximum atomic E-state index is 4.68. The molecule has 0 aromatic carbocycles. The van der Waals surface area contributed by atoms with Gasteiger partial charge in [-0.2, -0.15) is 11.5 Å². The van der Waals surface area contributed by atoms with E-state index in [4.69, 9.17) is 0 Å². The molecule has 0 aliphatic heterocycles. The van der Waals surface area contributed by atoms with Gasteiger partial charge in [0.1, 0.15) is 0 Å². The quantitative estimate of drug-likeness (QED) is 0.510. The minimum absolute atomic E-state index is 0. The van der Waals surface area contributed by atoms with E-state index in [2.05, 4.69) is 66.8 Å². The molecular weight excluding hydrogens is 351 g/mol. The Hall–Kier alpha value is 1.50. The summed E-state index contributed by atoms with van der Waals surface area (Å²) in [6, 6.07) is 0. The minimum Gasteiger partial charge on any atom is -0.792 e. The zero-order valence-corrected chi connectivity index (χ0v) is 17.2. The van der Waals surface area contributed by atoms with Crippen LogP contribution in [0.3, 0.4) is 0 Å². The summed E-state index contributed by atoms with van der Waals surface area (Å²) < 4.78 is 0. The van der Waals surface area contributed by atoms with Crippen LogP contribution in [-0.4, -0.2) is 35.4 Å². The predicted molar refractivity (Wildman–Crippen MR) is 91.2 cm³/mol. The number of rotatable bonds is 2. The van der Waals surface area contributed by atoms with Gasteiger partial charge in [-0.15, -0.1) is 0 Å². The monoisotopic (exact) mass is 384 g/mol. The molecule has 0 amide bonds. The maximum absolute atomic E-state index is 4.68. The van der Waals surface area contributed by atoms with Crippen molar-refractivity contribution in [1.29, 1.82) is 0 Å². The van der Waals surface area contributed by atoms with Crippen molar-refractivity contribution in [3.63, 3.8) is 0 Å². The Kier molecular flexibility index (Phi) is 65.9. The third-order valence-corrected chi connectivity index (χ3v) is 2.00. The Balaban J connectivity index is -0.0000000381. The smallest absolute Gasteiger partial charge is 0.792 e. The molecule has 3 heteroatoms. The van der Waals surface area contributed by atoms with E-state index in [1.54, 1.807) is 0 Å². The van der Waals surface area contributed by atoms with Gasteiger partial charge in [-0.3, -0.25) is 0 Å². The van der Waals surface area contributed by atoms with E-state index in [1.165, 1.54) is 0 Å². The molecule has 17 heavy (non-hydrogen) atoms. The van der Waals surface area contributed by atoms with Gasteiger partial charge in [0.05, 0.1) is 0 Å². The molecule has 0 atom stereocenters. The van der Waals surface area contributed by atoms with Crippen LogP contribution in [0.25, 0.3) is 0 Å². The fourth-order valence-corrected chi connectivity index (χ4v) is 0. The van der Waals surface area contributed by atoms with Gasteiger partial charge in [-0.25, -0.2) is 0 Å². The van der Waals surface area contributed by atoms with Crippen LogP contribution in [0.5, 0.6) is 0 Å². The van der Waals surface area contributed by atoms with Gasteiger partial charge < -0.3 is 25.3 Å². The van der Waals surface area contributed by atoms with E-state index in [-0.39, 0.29) is 23.9 Å². The van der Waals surface area contributed by atoms with Crippen LogP contribution in [-0.2, 0) is 25.3 Å². The molecule has 0 nitrogen and oxygen atoms in total. The van der Waals surface area contributed by atoms with Gasteiger partial charge in [0.2, 0.25) is 0 Å². The first-order valence-electron chi connectivity index (χ1n) is 6.12. The summed E-state index contributed by atoms with van der Waals surface area (Å²) in [4.78, 5) is 0. The van der Waals surface area contributed by atoms with E-state index in [0.29, 0.717) is 11.8 Å². The predicted octanol–water partition coefficient (Wildman–Crippen LogP) is 4.46. The molecule has 0 heterocycles. The minimum atomic E-state index is 0. The Bertz CT molecular complexity index is 66.6. The molecule has 0 aliphatic rings. The molecule has 104 valence electrons. The molecule has 0 aliphatic carbocycles. The summed E-state index contributed by atoms with van der Waals surface area (Å²) in [5.74, 6) is 3.18. The van der Waals surface area contributed by atoms with Crippen LogP contribution in [0.15, 0.2) is 0 Å². The molecule has 0 aromatic heterocycles. The summed E-state index contributed by atoms with van der Waals surface area (Å²) in [7, 11) is 0. The maximum Gasteiger partial charge on any atom is 2.00 e. The molecule has 4 radical (unpaired) electrons. The molecule has 0 unspecified atom stereocenters. The second-order valence-corrected chi connectivity index (χ2v) is 4.79. The van der Waals surface area contributed by atoms with Gasteiger partial charge in [0.25, 0.3) is 0 Å². The summed E-state index contributed by atoms with van der Waals surface area (Å²) in [5.41, 5.74) is 0. The molecule has 0 fully saturated rings. The molecule has 0 bridgehead atoms. The van der Waals surface area contributed by atoms with E-state index in [0.717, 1.165) is 24.3 Å². The average molecular weight is 383 g/mol. The number of hydrogen-bond donors (Lipinski definition) is 0. The average Bonchev–Trinajstić information content (AvgIpc) is 2.21. The van der Waals surface area contributed by atoms with Crippen LogP contribution in [0.4, 0.5) is 0 Å². The first-order chi connectivity index (χ1) is 7.37. The fourth-order valence-electron chi connectivity index (χ4n) is 0. The largest absolute Gasteiger partial charge is 2.00 e. The molecule has 0 spiro atoms. The Morgan fingerprint density at radius 2 is 0.824 bits per heavy atom. The van der Waals surface area contributed by atoms with Crippen molar-refractivity contribution in [2.75, 3.05) is 11.5 Å². The van der Waals surface area contributed by atoms with E-state index >= 15 is 0 Å². The van der Waals surface area contributed by atoms with Crippen LogP contribution < -0.4 is 0 Å². The molecule has 0 rings (SSSR count). The van der Waals surface area contributed by atoms with Crippen molar-refractivity contribution in [2.45, 2.75) is 54.4 Å². The third kappa shape index (κ3) is 139. The van der Waals surface area contributed by atoms with Gasteiger partial charge in [-0.05, 0) is 0 Å². The summed E-state index contributed by atoms with van der Waals surface area (Å²) >= 11 is 9.35. The van der Waals surface area contributed by atoms with Gasteiger partial charge in [-0.1, -0.05) is 80.1 Å². The standard InChI is InChI=1S/2C4H10S.2C3H7.Sn/c2*1-4(2)3-5;2*1-3-2;/h2*4-5H,3H2,1-2H3;2*1,3H2,2H3;/q;;;;+2/p-2. The Morgan fingerprint density at radius 3 is 0.824 bits per heavy atom. The fraction of sp³-hybridized carbons (Fsp3) is 0.857. The van der Waals surface area contributed by atoms with Crippen molar-refractivity contribution < 1.29 is 0 Å². The first-order valence-corrected chi connectivity index (χ1v) is 7.27. The van der Waals surface area contributed by atoms with E-state index < -0.39 is 0 Å². The van der Waals surface area contributed by atoms with E-state index in [1.807, 2.05) is 13.8 Å². The first kappa shape index (κ1) is 31.1. The van der Waals surface area contributed by atoms with Crippen molar-refractivity contribution in [3.8, 4) is 0 Å². The van der Waals surface area contributed by atoms with Crippen molar-refractivity contribution in [3.05, 3.63) is 13.8 Å². The second-order valence-electron chi connectivity index (χ2n) is 4.12. The molecule has 0 saturated carbocycles. The topological polar surface area (TPSA) is 0 Å². The van der Waals surface area contributed by atoms with Gasteiger partial charge in [0.15, 0.2) is 0 Å². The second kappa shape index (κ2) is 36.0. The summed E-state index contributed by atoms with van der Waals surface area (Å²) in [5, 5.41) is 0. The van der Waals surface area contributed by atoms with Crippen LogP contribution >= 0.6 is 0 Å². The van der Waals surface area contributed by atoms with Crippen LogP contribution in [0, 0.1) is 25.7 Å². The SMILES string of the molecule is CC(C)C[S-].CC(C)C[S-].[CH2]CC.[CH2]CC.[Sn+2]. The van der Waals surface area contributed by atoms with Gasteiger partial charge in [0, 0.05) is 0 Å². The third-order valence-electron chi connectivity index (χ3n) is 0.667. The van der Waals surface area contributed by atoms with E-state index in [9.17, 15) is 0 Å². The van der Waals surface area contributed by atoms with Gasteiger partial charge >= 0.3 is 23.9 Å².